The van der Waals surface area contributed by atoms with Crippen LogP contribution in [0.25, 0.3) is 0 Å². The molecule has 0 aromatic rings. The lowest BCUT2D eigenvalue weighted by atomic mass is 10.1. The molecule has 2 rings (SSSR count). The fraction of sp³-hybridized carbons (Fsp3) is 0.941. The Hall–Kier alpha value is -0.300. The van der Waals surface area contributed by atoms with Gasteiger partial charge in [-0.1, -0.05) is 0 Å². The quantitative estimate of drug-likeness (QED) is 0.676. The van der Waals surface area contributed by atoms with Gasteiger partial charge in [-0.3, -0.25) is 9.69 Å². The number of carbonyl (C=O) groups is 1. The van der Waals surface area contributed by atoms with Crippen LogP contribution in [0.2, 0.25) is 0 Å². The van der Waals surface area contributed by atoms with Crippen molar-refractivity contribution in [2.75, 3.05) is 71.0 Å². The van der Waals surface area contributed by atoms with E-state index >= 15 is 0 Å². The molecule has 6 heteroatoms. The summed E-state index contributed by atoms with van der Waals surface area (Å²) in [6, 6.07) is 0.669. The standard InChI is InChI=1S/C17H33N3O2S/c1-15(2)20-9-7-18(8-10-20)5-4-6-19-11-12-23-14-16(13-19)17(21)22-3/h15-16H,4-14H2,1-3H3/t16-/m1/s1. The first-order valence-electron chi connectivity index (χ1n) is 8.94. The molecule has 0 spiro atoms. The number of nitrogens with zero attached hydrogens (tertiary/aromatic N) is 3. The zero-order chi connectivity index (χ0) is 16.7. The Kier molecular flexibility index (Phi) is 8.16. The predicted molar refractivity (Wildman–Crippen MR) is 97.0 cm³/mol. The van der Waals surface area contributed by atoms with Gasteiger partial charge in [-0.25, -0.2) is 0 Å². The maximum Gasteiger partial charge on any atom is 0.310 e. The van der Waals surface area contributed by atoms with E-state index in [0.717, 1.165) is 31.1 Å². The van der Waals surface area contributed by atoms with Crippen molar-refractivity contribution in [1.82, 2.24) is 14.7 Å². The van der Waals surface area contributed by atoms with Crippen LogP contribution in [0.1, 0.15) is 20.3 Å². The van der Waals surface area contributed by atoms with Crippen molar-refractivity contribution in [3.05, 3.63) is 0 Å². The van der Waals surface area contributed by atoms with Crippen LogP contribution < -0.4 is 0 Å². The average molecular weight is 344 g/mol. The first kappa shape index (κ1) is 19.0. The highest BCUT2D eigenvalue weighted by Crippen LogP contribution is 2.17. The first-order chi connectivity index (χ1) is 11.1. The van der Waals surface area contributed by atoms with Gasteiger partial charge in [-0.05, 0) is 33.4 Å². The lowest BCUT2D eigenvalue weighted by Gasteiger charge is -2.37. The highest BCUT2D eigenvalue weighted by Gasteiger charge is 2.25. The first-order valence-corrected chi connectivity index (χ1v) is 10.1. The number of thioether (sulfide) groups is 1. The minimum Gasteiger partial charge on any atom is -0.469 e. The normalized spacial score (nSPS) is 25.5. The van der Waals surface area contributed by atoms with Gasteiger partial charge in [0.2, 0.25) is 0 Å². The fourth-order valence-corrected chi connectivity index (χ4v) is 4.49. The number of piperazine rings is 1. The number of hydrogen-bond donors (Lipinski definition) is 0. The van der Waals surface area contributed by atoms with E-state index in [1.54, 1.807) is 0 Å². The van der Waals surface area contributed by atoms with Crippen LogP contribution in [0.4, 0.5) is 0 Å². The summed E-state index contributed by atoms with van der Waals surface area (Å²) in [5, 5.41) is 0. The predicted octanol–water partition coefficient (Wildman–Crippen LogP) is 1.24. The molecule has 0 N–H and O–H groups in total. The van der Waals surface area contributed by atoms with E-state index in [-0.39, 0.29) is 11.9 Å². The van der Waals surface area contributed by atoms with E-state index in [1.807, 2.05) is 11.8 Å². The van der Waals surface area contributed by atoms with Crippen LogP contribution in [0.15, 0.2) is 0 Å². The van der Waals surface area contributed by atoms with Crippen molar-refractivity contribution in [2.45, 2.75) is 26.3 Å². The summed E-state index contributed by atoms with van der Waals surface area (Å²) in [6.07, 6.45) is 1.19. The Balaban J connectivity index is 1.66. The van der Waals surface area contributed by atoms with Crippen LogP contribution in [0, 0.1) is 5.92 Å². The highest BCUT2D eigenvalue weighted by atomic mass is 32.2. The van der Waals surface area contributed by atoms with Gasteiger partial charge in [0, 0.05) is 56.8 Å². The molecule has 0 aliphatic carbocycles. The summed E-state index contributed by atoms with van der Waals surface area (Å²) in [6.45, 7) is 13.6. The summed E-state index contributed by atoms with van der Waals surface area (Å²) < 4.78 is 4.93. The molecule has 134 valence electrons. The molecule has 2 aliphatic rings. The van der Waals surface area contributed by atoms with Crippen LogP contribution in [0.5, 0.6) is 0 Å². The number of esters is 1. The molecular formula is C17H33N3O2S. The number of ether oxygens (including phenoxy) is 1. The van der Waals surface area contributed by atoms with Crippen molar-refractivity contribution in [2.24, 2.45) is 5.92 Å². The summed E-state index contributed by atoms with van der Waals surface area (Å²) in [7, 11) is 1.50. The summed E-state index contributed by atoms with van der Waals surface area (Å²) in [5.74, 6) is 2.03. The molecule has 1 atom stereocenters. The molecule has 0 bridgehead atoms. The average Bonchev–Trinajstić information content (AvgIpc) is 2.80. The second-order valence-corrected chi connectivity index (χ2v) is 8.07. The molecule has 2 saturated heterocycles. The maximum atomic E-state index is 11.8. The number of hydrogen-bond acceptors (Lipinski definition) is 6. The summed E-state index contributed by atoms with van der Waals surface area (Å²) in [5.41, 5.74) is 0. The van der Waals surface area contributed by atoms with Crippen LogP contribution in [-0.4, -0.2) is 97.7 Å². The van der Waals surface area contributed by atoms with Gasteiger partial charge >= 0.3 is 5.97 Å². The van der Waals surface area contributed by atoms with Gasteiger partial charge in [0.05, 0.1) is 13.0 Å². The van der Waals surface area contributed by atoms with Crippen molar-refractivity contribution in [1.29, 1.82) is 0 Å². The molecule has 0 amide bonds. The van der Waals surface area contributed by atoms with Crippen molar-refractivity contribution < 1.29 is 9.53 Å². The van der Waals surface area contributed by atoms with Gasteiger partial charge in [0.1, 0.15) is 0 Å². The number of carbonyl (C=O) groups excluding carboxylic acids is 1. The minimum absolute atomic E-state index is 0.0436. The topological polar surface area (TPSA) is 36.0 Å². The Morgan fingerprint density at radius 1 is 1.13 bits per heavy atom. The molecule has 0 aromatic carbocycles. The number of rotatable bonds is 6. The minimum atomic E-state index is -0.0470. The second kappa shape index (κ2) is 9.87. The van der Waals surface area contributed by atoms with Gasteiger partial charge in [-0.15, -0.1) is 0 Å². The van der Waals surface area contributed by atoms with Gasteiger partial charge < -0.3 is 14.5 Å². The van der Waals surface area contributed by atoms with E-state index in [2.05, 4.69) is 28.5 Å². The van der Waals surface area contributed by atoms with Crippen molar-refractivity contribution in [3.63, 3.8) is 0 Å². The molecule has 0 unspecified atom stereocenters. The van der Waals surface area contributed by atoms with E-state index in [0.29, 0.717) is 6.04 Å². The lowest BCUT2D eigenvalue weighted by Crippen LogP contribution is -2.49. The molecule has 0 radical (unpaired) electrons. The summed E-state index contributed by atoms with van der Waals surface area (Å²) in [4.78, 5) is 19.4. The molecule has 0 saturated carbocycles. The molecule has 0 aromatic heterocycles. The largest absolute Gasteiger partial charge is 0.469 e. The third kappa shape index (κ3) is 6.25. The zero-order valence-corrected chi connectivity index (χ0v) is 15.8. The van der Waals surface area contributed by atoms with Crippen LogP contribution >= 0.6 is 11.8 Å². The third-order valence-corrected chi connectivity index (χ3v) is 6.08. The third-order valence-electron chi connectivity index (χ3n) is 4.97. The Labute approximate surface area is 145 Å². The zero-order valence-electron chi connectivity index (χ0n) is 15.0. The van der Waals surface area contributed by atoms with E-state index in [9.17, 15) is 4.79 Å². The second-order valence-electron chi connectivity index (χ2n) is 6.92. The lowest BCUT2D eigenvalue weighted by molar-refractivity contribution is -0.145. The Bertz CT molecular complexity index is 360. The molecule has 5 nitrogen and oxygen atoms in total. The fourth-order valence-electron chi connectivity index (χ4n) is 3.41. The molecule has 2 aliphatic heterocycles. The Morgan fingerprint density at radius 2 is 1.83 bits per heavy atom. The smallest absolute Gasteiger partial charge is 0.310 e. The van der Waals surface area contributed by atoms with Gasteiger partial charge in [-0.2, -0.15) is 11.8 Å². The number of methoxy groups -OCH3 is 1. The van der Waals surface area contributed by atoms with Gasteiger partial charge in [0.15, 0.2) is 0 Å². The Morgan fingerprint density at radius 3 is 2.48 bits per heavy atom. The maximum absolute atomic E-state index is 11.8. The van der Waals surface area contributed by atoms with Crippen LogP contribution in [0.3, 0.4) is 0 Å². The molecule has 2 fully saturated rings. The van der Waals surface area contributed by atoms with E-state index in [4.69, 9.17) is 4.74 Å². The SMILES string of the molecule is COC(=O)[C@H]1CSCCN(CCCN2CCN(C(C)C)CC2)C1. The van der Waals surface area contributed by atoms with E-state index in [1.165, 1.54) is 46.3 Å². The highest BCUT2D eigenvalue weighted by molar-refractivity contribution is 7.99. The summed E-state index contributed by atoms with van der Waals surface area (Å²) >= 11 is 1.88. The van der Waals surface area contributed by atoms with Crippen molar-refractivity contribution in [3.8, 4) is 0 Å². The molecule has 2 heterocycles. The van der Waals surface area contributed by atoms with Crippen LogP contribution in [-0.2, 0) is 9.53 Å². The molecule has 23 heavy (non-hydrogen) atoms. The molecular weight excluding hydrogens is 310 g/mol. The monoisotopic (exact) mass is 343 g/mol. The van der Waals surface area contributed by atoms with Gasteiger partial charge in [0.25, 0.3) is 0 Å². The van der Waals surface area contributed by atoms with E-state index < -0.39 is 0 Å². The van der Waals surface area contributed by atoms with Crippen molar-refractivity contribution >= 4 is 17.7 Å².